The van der Waals surface area contributed by atoms with E-state index < -0.39 is 9.28 Å². The molecule has 1 atom stereocenters. The van der Waals surface area contributed by atoms with E-state index in [4.69, 9.17) is 8.85 Å². The van der Waals surface area contributed by atoms with Crippen LogP contribution >= 0.6 is 0 Å². The molecule has 0 saturated heterocycles. The molecule has 0 rings (SSSR count). The molecule has 0 spiro atoms. The summed E-state index contributed by atoms with van der Waals surface area (Å²) in [4.78, 5) is 0. The minimum absolute atomic E-state index is 0.398. The summed E-state index contributed by atoms with van der Waals surface area (Å²) < 4.78 is 11.0. The van der Waals surface area contributed by atoms with E-state index in [0.29, 0.717) is 5.54 Å². The summed E-state index contributed by atoms with van der Waals surface area (Å²) in [6, 6.07) is 0. The minimum Gasteiger partial charge on any atom is -0.396 e. The summed E-state index contributed by atoms with van der Waals surface area (Å²) in [6.07, 6.45) is 1.90. The molecule has 0 saturated carbocycles. The van der Waals surface area contributed by atoms with Crippen molar-refractivity contribution < 1.29 is 8.85 Å². The van der Waals surface area contributed by atoms with Crippen LogP contribution in [0.1, 0.15) is 20.8 Å². The fraction of sp³-hybridized carbons (Fsp3) is 0.750. The van der Waals surface area contributed by atoms with Gasteiger partial charge in [0.15, 0.2) is 0 Å². The van der Waals surface area contributed by atoms with Crippen LogP contribution in [0.15, 0.2) is 12.7 Å². The molecule has 0 fully saturated rings. The van der Waals surface area contributed by atoms with Crippen molar-refractivity contribution in [1.82, 2.24) is 0 Å². The van der Waals surface area contributed by atoms with E-state index >= 15 is 0 Å². The third kappa shape index (κ3) is 4.34. The van der Waals surface area contributed by atoms with Gasteiger partial charge in [0.05, 0.1) is 0 Å². The lowest BCUT2D eigenvalue weighted by atomic mass is 10.5. The van der Waals surface area contributed by atoms with E-state index in [-0.39, 0.29) is 0 Å². The Hall–Kier alpha value is -0.123. The Balaban J connectivity index is 3.75. The summed E-state index contributed by atoms with van der Waals surface area (Å²) in [5, 5.41) is 0. The molecule has 0 aliphatic heterocycles. The zero-order valence-electron chi connectivity index (χ0n) is 7.67. The van der Waals surface area contributed by atoms with Crippen molar-refractivity contribution in [2.75, 3.05) is 13.2 Å². The first-order valence-electron chi connectivity index (χ1n) is 4.12. The molecule has 0 aliphatic rings. The lowest BCUT2D eigenvalue weighted by molar-refractivity contribution is 0.209. The second kappa shape index (κ2) is 6.58. The van der Waals surface area contributed by atoms with Crippen molar-refractivity contribution in [2.45, 2.75) is 26.3 Å². The third-order valence-electron chi connectivity index (χ3n) is 1.46. The molecule has 2 nitrogen and oxygen atoms in total. The average molecular weight is 174 g/mol. The van der Waals surface area contributed by atoms with Crippen LogP contribution < -0.4 is 0 Å². The van der Waals surface area contributed by atoms with Crippen LogP contribution in [0.5, 0.6) is 0 Å². The molecule has 0 aromatic heterocycles. The highest BCUT2D eigenvalue weighted by Crippen LogP contribution is 2.11. The maximum Gasteiger partial charge on any atom is 0.328 e. The first kappa shape index (κ1) is 10.9. The molecular weight excluding hydrogens is 156 g/mol. The first-order chi connectivity index (χ1) is 5.26. The molecule has 0 amide bonds. The smallest absolute Gasteiger partial charge is 0.328 e. The predicted octanol–water partition coefficient (Wildman–Crippen LogP) is 1.86. The van der Waals surface area contributed by atoms with E-state index in [1.54, 1.807) is 0 Å². The largest absolute Gasteiger partial charge is 0.396 e. The van der Waals surface area contributed by atoms with Crippen LogP contribution in [-0.2, 0) is 8.85 Å². The zero-order chi connectivity index (χ0) is 8.69. The molecule has 11 heavy (non-hydrogen) atoms. The molecule has 0 aliphatic carbocycles. The minimum atomic E-state index is -1.45. The lowest BCUT2D eigenvalue weighted by Gasteiger charge is -2.18. The third-order valence-corrected chi connectivity index (χ3v) is 3.92. The van der Waals surface area contributed by atoms with Gasteiger partial charge in [-0.3, -0.25) is 0 Å². The van der Waals surface area contributed by atoms with Crippen molar-refractivity contribution in [3.05, 3.63) is 12.7 Å². The molecule has 0 bridgehead atoms. The molecule has 66 valence electrons. The highest BCUT2D eigenvalue weighted by Gasteiger charge is 2.17. The number of allylic oxidation sites excluding steroid dienone is 1. The zero-order valence-corrected chi connectivity index (χ0v) is 8.82. The molecule has 0 aromatic carbocycles. The van der Waals surface area contributed by atoms with Gasteiger partial charge in [0.25, 0.3) is 0 Å². The van der Waals surface area contributed by atoms with Gasteiger partial charge in [0, 0.05) is 18.8 Å². The van der Waals surface area contributed by atoms with E-state index in [1.165, 1.54) is 0 Å². The first-order valence-corrected chi connectivity index (χ1v) is 5.72. The van der Waals surface area contributed by atoms with Crippen molar-refractivity contribution >= 4 is 9.28 Å². The summed E-state index contributed by atoms with van der Waals surface area (Å²) in [5.41, 5.74) is 0.398. The van der Waals surface area contributed by atoms with Crippen LogP contribution in [0.4, 0.5) is 0 Å². The van der Waals surface area contributed by atoms with Gasteiger partial charge in [-0.15, -0.1) is 6.58 Å². The van der Waals surface area contributed by atoms with Crippen LogP contribution in [0.3, 0.4) is 0 Å². The highest BCUT2D eigenvalue weighted by atomic mass is 28.3. The molecule has 0 radical (unpaired) electrons. The Morgan fingerprint density at radius 3 is 2.09 bits per heavy atom. The molecule has 3 heteroatoms. The van der Waals surface area contributed by atoms with E-state index in [1.807, 2.05) is 19.9 Å². The predicted molar refractivity (Wildman–Crippen MR) is 50.0 cm³/mol. The van der Waals surface area contributed by atoms with Crippen molar-refractivity contribution in [3.63, 3.8) is 0 Å². The Morgan fingerprint density at radius 1 is 1.36 bits per heavy atom. The number of rotatable bonds is 6. The number of hydrogen-bond donors (Lipinski definition) is 0. The second-order valence-corrected chi connectivity index (χ2v) is 4.83. The van der Waals surface area contributed by atoms with Crippen molar-refractivity contribution in [1.29, 1.82) is 0 Å². The second-order valence-electron chi connectivity index (χ2n) is 2.37. The van der Waals surface area contributed by atoms with Crippen LogP contribution in [0, 0.1) is 0 Å². The van der Waals surface area contributed by atoms with Gasteiger partial charge < -0.3 is 8.85 Å². The monoisotopic (exact) mass is 174 g/mol. The molecule has 0 heterocycles. The van der Waals surface area contributed by atoms with Crippen LogP contribution in [0.25, 0.3) is 0 Å². The van der Waals surface area contributed by atoms with Crippen LogP contribution in [0.2, 0.25) is 5.54 Å². The van der Waals surface area contributed by atoms with Gasteiger partial charge >= 0.3 is 9.28 Å². The van der Waals surface area contributed by atoms with Gasteiger partial charge in [-0.25, -0.2) is 0 Å². The maximum absolute atomic E-state index is 5.48. The Morgan fingerprint density at radius 2 is 1.82 bits per heavy atom. The van der Waals surface area contributed by atoms with Gasteiger partial charge in [0.2, 0.25) is 0 Å². The lowest BCUT2D eigenvalue weighted by Crippen LogP contribution is -2.26. The van der Waals surface area contributed by atoms with Crippen LogP contribution in [-0.4, -0.2) is 22.5 Å². The van der Waals surface area contributed by atoms with E-state index in [9.17, 15) is 0 Å². The summed E-state index contributed by atoms with van der Waals surface area (Å²) >= 11 is 0. The quantitative estimate of drug-likeness (QED) is 0.452. The van der Waals surface area contributed by atoms with Crippen molar-refractivity contribution in [3.8, 4) is 0 Å². The maximum atomic E-state index is 5.48. The van der Waals surface area contributed by atoms with Gasteiger partial charge in [0.1, 0.15) is 0 Å². The van der Waals surface area contributed by atoms with Crippen molar-refractivity contribution in [2.24, 2.45) is 0 Å². The van der Waals surface area contributed by atoms with Gasteiger partial charge in [-0.05, 0) is 13.8 Å². The molecule has 0 aromatic rings. The Bertz CT molecular complexity index is 100. The van der Waals surface area contributed by atoms with E-state index in [2.05, 4.69) is 13.5 Å². The summed E-state index contributed by atoms with van der Waals surface area (Å²) in [7, 11) is -1.45. The molecule has 0 N–H and O–H groups in total. The number of hydrogen-bond acceptors (Lipinski definition) is 2. The molecule has 1 unspecified atom stereocenters. The fourth-order valence-corrected chi connectivity index (χ4v) is 2.37. The van der Waals surface area contributed by atoms with Gasteiger partial charge in [-0.2, -0.15) is 0 Å². The topological polar surface area (TPSA) is 18.5 Å². The summed E-state index contributed by atoms with van der Waals surface area (Å²) in [6.45, 7) is 11.3. The fourth-order valence-electron chi connectivity index (χ4n) is 0.791. The standard InChI is InChI=1S/C8H18O2Si/c1-5-8(4)11(9-6-2)10-7-3/h5,8,11H,1,6-7H2,2-4H3. The normalized spacial score (nSPS) is 13.5. The highest BCUT2D eigenvalue weighted by molar-refractivity contribution is 6.46. The molecular formula is C8H18O2Si. The SMILES string of the molecule is C=CC(C)[SiH](OCC)OCC. The Labute approximate surface area is 71.1 Å². The summed E-state index contributed by atoms with van der Waals surface area (Å²) in [5.74, 6) is 0. The van der Waals surface area contributed by atoms with Gasteiger partial charge in [-0.1, -0.05) is 13.0 Å². The Kier molecular flexibility index (Phi) is 6.50. The van der Waals surface area contributed by atoms with E-state index in [0.717, 1.165) is 13.2 Å². The average Bonchev–Trinajstić information content (AvgIpc) is 2.03.